The van der Waals surface area contributed by atoms with Gasteiger partial charge in [-0.15, -0.1) is 0 Å². The standard InChI is InChI=1S/C10H10ClFINO/c11-9-7(3-1-4-8(9)12)10(15)14-6-2-5-13/h1,3-4H,2,5-6H2,(H,14,15). The maximum atomic E-state index is 13.0. The molecule has 0 unspecified atom stereocenters. The lowest BCUT2D eigenvalue weighted by atomic mass is 10.2. The van der Waals surface area contributed by atoms with Gasteiger partial charge < -0.3 is 5.32 Å². The fraction of sp³-hybridized carbons (Fsp3) is 0.300. The number of carbonyl (C=O) groups is 1. The molecule has 0 aliphatic heterocycles. The van der Waals surface area contributed by atoms with Crippen molar-refractivity contribution in [3.8, 4) is 0 Å². The zero-order valence-corrected chi connectivity index (χ0v) is 10.8. The summed E-state index contributed by atoms with van der Waals surface area (Å²) < 4.78 is 14.0. The fourth-order valence-electron chi connectivity index (χ4n) is 1.04. The van der Waals surface area contributed by atoms with Crippen LogP contribution in [-0.2, 0) is 0 Å². The van der Waals surface area contributed by atoms with Crippen molar-refractivity contribution in [3.05, 3.63) is 34.6 Å². The smallest absolute Gasteiger partial charge is 0.252 e. The van der Waals surface area contributed by atoms with Crippen molar-refractivity contribution in [3.63, 3.8) is 0 Å². The van der Waals surface area contributed by atoms with Crippen LogP contribution in [0.25, 0.3) is 0 Å². The number of halogens is 3. The third kappa shape index (κ3) is 3.61. The maximum Gasteiger partial charge on any atom is 0.252 e. The van der Waals surface area contributed by atoms with E-state index < -0.39 is 5.82 Å². The molecule has 0 spiro atoms. The number of amides is 1. The summed E-state index contributed by atoms with van der Waals surface area (Å²) in [4.78, 5) is 11.5. The fourth-order valence-corrected chi connectivity index (χ4v) is 1.64. The first-order chi connectivity index (χ1) is 7.16. The van der Waals surface area contributed by atoms with Gasteiger partial charge in [0.1, 0.15) is 5.82 Å². The number of nitrogens with one attached hydrogen (secondary N) is 1. The zero-order valence-electron chi connectivity index (χ0n) is 7.90. The molecular weight excluding hydrogens is 331 g/mol. The molecule has 1 aromatic carbocycles. The summed E-state index contributed by atoms with van der Waals surface area (Å²) >= 11 is 7.89. The first-order valence-corrected chi connectivity index (χ1v) is 6.35. The van der Waals surface area contributed by atoms with E-state index in [1.807, 2.05) is 0 Å². The van der Waals surface area contributed by atoms with Crippen molar-refractivity contribution in [2.75, 3.05) is 11.0 Å². The monoisotopic (exact) mass is 341 g/mol. The molecule has 1 aromatic rings. The highest BCUT2D eigenvalue weighted by molar-refractivity contribution is 14.1. The molecule has 2 nitrogen and oxygen atoms in total. The Morgan fingerprint density at radius 1 is 1.53 bits per heavy atom. The number of alkyl halides is 1. The van der Waals surface area contributed by atoms with Gasteiger partial charge in [0.2, 0.25) is 0 Å². The van der Waals surface area contributed by atoms with Gasteiger partial charge in [0.05, 0.1) is 10.6 Å². The average Bonchev–Trinajstić information content (AvgIpc) is 2.22. The van der Waals surface area contributed by atoms with E-state index in [0.29, 0.717) is 6.54 Å². The predicted octanol–water partition coefficient (Wildman–Crippen LogP) is 3.03. The van der Waals surface area contributed by atoms with Gasteiger partial charge in [-0.3, -0.25) is 4.79 Å². The van der Waals surface area contributed by atoms with Crippen LogP contribution in [0.4, 0.5) is 4.39 Å². The number of rotatable bonds is 4. The van der Waals surface area contributed by atoms with E-state index in [2.05, 4.69) is 27.9 Å². The summed E-state index contributed by atoms with van der Waals surface area (Å²) in [6.45, 7) is 0.578. The van der Waals surface area contributed by atoms with Crippen molar-refractivity contribution < 1.29 is 9.18 Å². The van der Waals surface area contributed by atoms with Gasteiger partial charge in [0.15, 0.2) is 0 Å². The Morgan fingerprint density at radius 3 is 2.93 bits per heavy atom. The van der Waals surface area contributed by atoms with Crippen LogP contribution in [0.3, 0.4) is 0 Å². The second-order valence-corrected chi connectivity index (χ2v) is 4.36. The molecule has 82 valence electrons. The van der Waals surface area contributed by atoms with Gasteiger partial charge in [-0.2, -0.15) is 0 Å². The third-order valence-corrected chi connectivity index (χ3v) is 2.94. The molecule has 0 atom stereocenters. The molecule has 0 heterocycles. The molecule has 1 N–H and O–H groups in total. The summed E-state index contributed by atoms with van der Waals surface area (Å²) in [5.41, 5.74) is 0.185. The van der Waals surface area contributed by atoms with Gasteiger partial charge in [0, 0.05) is 11.0 Å². The molecular formula is C10H10ClFINO. The molecule has 0 saturated carbocycles. The molecule has 1 amide bonds. The van der Waals surface area contributed by atoms with E-state index in [1.165, 1.54) is 18.2 Å². The van der Waals surface area contributed by atoms with Crippen molar-refractivity contribution >= 4 is 40.1 Å². The Bertz CT molecular complexity index is 359. The molecule has 0 saturated heterocycles. The molecule has 1 rings (SSSR count). The molecule has 0 aromatic heterocycles. The predicted molar refractivity (Wildman–Crippen MR) is 67.2 cm³/mol. The minimum Gasteiger partial charge on any atom is -0.352 e. The Kier molecular flexibility index (Phi) is 5.31. The van der Waals surface area contributed by atoms with Gasteiger partial charge in [-0.25, -0.2) is 4.39 Å². The lowest BCUT2D eigenvalue weighted by Crippen LogP contribution is -2.25. The van der Waals surface area contributed by atoms with E-state index >= 15 is 0 Å². The van der Waals surface area contributed by atoms with Crippen LogP contribution >= 0.6 is 34.2 Å². The minimum atomic E-state index is -0.571. The van der Waals surface area contributed by atoms with Crippen LogP contribution in [-0.4, -0.2) is 16.9 Å². The molecule has 15 heavy (non-hydrogen) atoms. The van der Waals surface area contributed by atoms with E-state index in [1.54, 1.807) is 0 Å². The van der Waals surface area contributed by atoms with Crippen LogP contribution in [0, 0.1) is 5.82 Å². The van der Waals surface area contributed by atoms with Crippen molar-refractivity contribution in [2.45, 2.75) is 6.42 Å². The van der Waals surface area contributed by atoms with Crippen LogP contribution in [0.15, 0.2) is 18.2 Å². The van der Waals surface area contributed by atoms with Crippen LogP contribution in [0.1, 0.15) is 16.8 Å². The second kappa shape index (κ2) is 6.27. The highest BCUT2D eigenvalue weighted by atomic mass is 127. The van der Waals surface area contributed by atoms with Crippen molar-refractivity contribution in [1.82, 2.24) is 5.32 Å². The van der Waals surface area contributed by atoms with E-state index in [9.17, 15) is 9.18 Å². The van der Waals surface area contributed by atoms with Crippen LogP contribution in [0.5, 0.6) is 0 Å². The lowest BCUT2D eigenvalue weighted by Gasteiger charge is -2.05. The van der Waals surface area contributed by atoms with Crippen LogP contribution < -0.4 is 5.32 Å². The Labute approximate surface area is 106 Å². The Hall–Kier alpha value is -0.360. The molecule has 0 aliphatic rings. The summed E-state index contributed by atoms with van der Waals surface area (Å²) in [5.74, 6) is -0.900. The Balaban J connectivity index is 2.69. The maximum absolute atomic E-state index is 13.0. The minimum absolute atomic E-state index is 0.121. The first kappa shape index (κ1) is 12.7. The molecule has 5 heteroatoms. The number of hydrogen-bond acceptors (Lipinski definition) is 1. The number of carbonyl (C=O) groups excluding carboxylic acids is 1. The van der Waals surface area contributed by atoms with E-state index in [0.717, 1.165) is 10.8 Å². The van der Waals surface area contributed by atoms with Gasteiger partial charge in [-0.1, -0.05) is 40.3 Å². The number of hydrogen-bond donors (Lipinski definition) is 1. The van der Waals surface area contributed by atoms with E-state index in [-0.39, 0.29) is 16.5 Å². The largest absolute Gasteiger partial charge is 0.352 e. The normalized spacial score (nSPS) is 10.1. The Morgan fingerprint density at radius 2 is 2.27 bits per heavy atom. The number of benzene rings is 1. The SMILES string of the molecule is O=C(NCCCI)c1cccc(F)c1Cl. The molecule has 0 radical (unpaired) electrons. The summed E-state index contributed by atoms with van der Waals surface area (Å²) in [7, 11) is 0. The first-order valence-electron chi connectivity index (χ1n) is 4.45. The topological polar surface area (TPSA) is 29.1 Å². The highest BCUT2D eigenvalue weighted by Crippen LogP contribution is 2.19. The van der Waals surface area contributed by atoms with Crippen molar-refractivity contribution in [1.29, 1.82) is 0 Å². The van der Waals surface area contributed by atoms with Crippen molar-refractivity contribution in [2.24, 2.45) is 0 Å². The summed E-state index contributed by atoms with van der Waals surface area (Å²) in [6, 6.07) is 4.20. The molecule has 0 fully saturated rings. The summed E-state index contributed by atoms with van der Waals surface area (Å²) in [6.07, 6.45) is 0.888. The lowest BCUT2D eigenvalue weighted by molar-refractivity contribution is 0.0953. The van der Waals surface area contributed by atoms with Crippen LogP contribution in [0.2, 0.25) is 5.02 Å². The van der Waals surface area contributed by atoms with Gasteiger partial charge in [0.25, 0.3) is 5.91 Å². The van der Waals surface area contributed by atoms with E-state index in [4.69, 9.17) is 11.6 Å². The average molecular weight is 342 g/mol. The highest BCUT2D eigenvalue weighted by Gasteiger charge is 2.12. The quantitative estimate of drug-likeness (QED) is 0.509. The van der Waals surface area contributed by atoms with Gasteiger partial charge >= 0.3 is 0 Å². The van der Waals surface area contributed by atoms with Gasteiger partial charge in [-0.05, 0) is 18.6 Å². The molecule has 0 bridgehead atoms. The second-order valence-electron chi connectivity index (χ2n) is 2.90. The molecule has 0 aliphatic carbocycles. The summed E-state index contributed by atoms with van der Waals surface area (Å²) in [5, 5.41) is 2.55. The zero-order chi connectivity index (χ0) is 11.3. The third-order valence-electron chi connectivity index (χ3n) is 1.79.